The molecule has 2 heterocycles. The van der Waals surface area contributed by atoms with E-state index in [4.69, 9.17) is 0 Å². The van der Waals surface area contributed by atoms with Gasteiger partial charge in [0.2, 0.25) is 10.0 Å². The molecule has 0 radical (unpaired) electrons. The summed E-state index contributed by atoms with van der Waals surface area (Å²) in [7, 11) is -4.01. The number of nitrogens with zero attached hydrogens (tertiary/aromatic N) is 3. The molecule has 4 rings (SSSR count). The summed E-state index contributed by atoms with van der Waals surface area (Å²) in [5.74, 6) is -1.88. The first-order valence-electron chi connectivity index (χ1n) is 9.07. The van der Waals surface area contributed by atoms with Gasteiger partial charge in [0.15, 0.2) is 5.13 Å². The molecule has 29 heavy (non-hydrogen) atoms. The van der Waals surface area contributed by atoms with Crippen LogP contribution in [0.3, 0.4) is 0 Å². The molecule has 0 amide bonds. The summed E-state index contributed by atoms with van der Waals surface area (Å²) in [5.41, 5.74) is 3.10. The third-order valence-electron chi connectivity index (χ3n) is 4.86. The first kappa shape index (κ1) is 19.9. The van der Waals surface area contributed by atoms with Crippen molar-refractivity contribution < 1.29 is 17.2 Å². The van der Waals surface area contributed by atoms with E-state index in [0.29, 0.717) is 19.2 Å². The minimum atomic E-state index is -4.01. The highest BCUT2D eigenvalue weighted by molar-refractivity contribution is 7.89. The molecule has 0 atom stereocenters. The van der Waals surface area contributed by atoms with E-state index in [-0.39, 0.29) is 13.1 Å². The van der Waals surface area contributed by atoms with E-state index in [1.54, 1.807) is 0 Å². The number of halogens is 2. The zero-order valence-electron chi connectivity index (χ0n) is 15.7. The van der Waals surface area contributed by atoms with Gasteiger partial charge in [0.05, 0.1) is 5.69 Å². The van der Waals surface area contributed by atoms with Crippen molar-refractivity contribution in [3.63, 3.8) is 0 Å². The fourth-order valence-corrected chi connectivity index (χ4v) is 5.57. The van der Waals surface area contributed by atoms with Gasteiger partial charge < -0.3 is 4.90 Å². The fourth-order valence-electron chi connectivity index (χ4n) is 3.21. The molecule has 1 aliphatic heterocycles. The Labute approximate surface area is 172 Å². The van der Waals surface area contributed by atoms with E-state index >= 15 is 0 Å². The monoisotopic (exact) mass is 435 g/mol. The van der Waals surface area contributed by atoms with Gasteiger partial charge in [-0.05, 0) is 19.1 Å². The predicted octanol–water partition coefficient (Wildman–Crippen LogP) is 3.91. The first-order chi connectivity index (χ1) is 13.8. The second-order valence-electron chi connectivity index (χ2n) is 6.85. The van der Waals surface area contributed by atoms with E-state index in [1.165, 1.54) is 21.2 Å². The molecule has 9 heteroatoms. The molecule has 0 N–H and O–H groups in total. The highest BCUT2D eigenvalue weighted by Gasteiger charge is 2.31. The van der Waals surface area contributed by atoms with Crippen molar-refractivity contribution in [3.05, 3.63) is 65.0 Å². The fraction of sp³-hybridized carbons (Fsp3) is 0.250. The van der Waals surface area contributed by atoms with E-state index in [2.05, 4.69) is 4.98 Å². The van der Waals surface area contributed by atoms with Crippen LogP contribution in [0.4, 0.5) is 13.9 Å². The molecule has 3 aromatic rings. The molecule has 0 saturated carbocycles. The normalized spacial score (nSPS) is 15.6. The lowest BCUT2D eigenvalue weighted by Crippen LogP contribution is -2.48. The lowest BCUT2D eigenvalue weighted by molar-refractivity contribution is 0.382. The van der Waals surface area contributed by atoms with Crippen LogP contribution in [0.5, 0.6) is 0 Å². The number of aryl methyl sites for hydroxylation is 1. The number of rotatable bonds is 4. The smallest absolute Gasteiger partial charge is 0.246 e. The number of thiazole rings is 1. The van der Waals surface area contributed by atoms with Crippen LogP contribution in [0, 0.1) is 18.6 Å². The molecule has 1 aliphatic rings. The van der Waals surface area contributed by atoms with E-state index < -0.39 is 26.6 Å². The van der Waals surface area contributed by atoms with E-state index in [0.717, 1.165) is 28.5 Å². The van der Waals surface area contributed by atoms with Gasteiger partial charge in [0, 0.05) is 43.2 Å². The van der Waals surface area contributed by atoms with Gasteiger partial charge in [-0.2, -0.15) is 4.31 Å². The van der Waals surface area contributed by atoms with Crippen LogP contribution in [0.25, 0.3) is 11.3 Å². The third-order valence-corrected chi connectivity index (χ3v) is 7.69. The molecule has 0 bridgehead atoms. The van der Waals surface area contributed by atoms with Crippen LogP contribution < -0.4 is 4.90 Å². The maximum Gasteiger partial charge on any atom is 0.246 e. The van der Waals surface area contributed by atoms with Crippen molar-refractivity contribution in [1.29, 1.82) is 0 Å². The van der Waals surface area contributed by atoms with Gasteiger partial charge in [-0.1, -0.05) is 29.8 Å². The molecule has 0 spiro atoms. The summed E-state index contributed by atoms with van der Waals surface area (Å²) in [6.45, 7) is 3.34. The van der Waals surface area contributed by atoms with E-state index in [9.17, 15) is 17.2 Å². The van der Waals surface area contributed by atoms with Crippen LogP contribution in [0.2, 0.25) is 0 Å². The second-order valence-corrected chi connectivity index (χ2v) is 9.59. The number of sulfonamides is 1. The van der Waals surface area contributed by atoms with Crippen molar-refractivity contribution in [2.24, 2.45) is 0 Å². The van der Waals surface area contributed by atoms with Gasteiger partial charge in [-0.25, -0.2) is 22.2 Å². The molecular formula is C20H19F2N3O2S2. The van der Waals surface area contributed by atoms with Crippen molar-refractivity contribution in [3.8, 4) is 11.3 Å². The Bertz CT molecular complexity index is 1120. The quantitative estimate of drug-likeness (QED) is 0.624. The van der Waals surface area contributed by atoms with Crippen molar-refractivity contribution in [2.75, 3.05) is 31.1 Å². The van der Waals surface area contributed by atoms with Gasteiger partial charge in [-0.15, -0.1) is 11.3 Å². The van der Waals surface area contributed by atoms with Gasteiger partial charge in [0.1, 0.15) is 16.5 Å². The molecule has 0 aliphatic carbocycles. The number of aromatic nitrogens is 1. The number of hydrogen-bond acceptors (Lipinski definition) is 5. The van der Waals surface area contributed by atoms with E-state index in [1.807, 2.05) is 41.5 Å². The second kappa shape index (κ2) is 7.81. The molecule has 2 aromatic carbocycles. The van der Waals surface area contributed by atoms with Gasteiger partial charge in [0.25, 0.3) is 0 Å². The van der Waals surface area contributed by atoms with Crippen LogP contribution in [0.15, 0.2) is 52.7 Å². The highest BCUT2D eigenvalue weighted by Crippen LogP contribution is 2.29. The number of piperazine rings is 1. The standard InChI is InChI=1S/C20H19F2N3O2S2/c1-14-2-4-15(5-3-14)18-13-28-20(23-18)24-8-10-25(11-9-24)29(26,27)19-7-6-16(21)12-17(19)22/h2-7,12-13H,8-11H2,1H3. The van der Waals surface area contributed by atoms with Crippen molar-refractivity contribution in [2.45, 2.75) is 11.8 Å². The predicted molar refractivity (Wildman–Crippen MR) is 110 cm³/mol. The lowest BCUT2D eigenvalue weighted by atomic mass is 10.1. The molecule has 152 valence electrons. The third kappa shape index (κ3) is 4.03. The van der Waals surface area contributed by atoms with Crippen LogP contribution in [-0.2, 0) is 10.0 Å². The average Bonchev–Trinajstić information content (AvgIpc) is 3.18. The zero-order chi connectivity index (χ0) is 20.6. The summed E-state index contributed by atoms with van der Waals surface area (Å²) in [6.07, 6.45) is 0. The molecule has 0 unspecified atom stereocenters. The van der Waals surface area contributed by atoms with Crippen LogP contribution >= 0.6 is 11.3 Å². The van der Waals surface area contributed by atoms with Gasteiger partial charge in [-0.3, -0.25) is 0 Å². The van der Waals surface area contributed by atoms with Crippen molar-refractivity contribution in [1.82, 2.24) is 9.29 Å². The van der Waals surface area contributed by atoms with Crippen molar-refractivity contribution >= 4 is 26.5 Å². The summed E-state index contributed by atoms with van der Waals surface area (Å²) in [4.78, 5) is 6.20. The molecule has 1 saturated heterocycles. The minimum absolute atomic E-state index is 0.207. The summed E-state index contributed by atoms with van der Waals surface area (Å²) in [5, 5.41) is 2.81. The number of hydrogen-bond donors (Lipinski definition) is 0. The first-order valence-corrected chi connectivity index (χ1v) is 11.4. The molecule has 1 aromatic heterocycles. The Morgan fingerprint density at radius 1 is 1.00 bits per heavy atom. The Morgan fingerprint density at radius 3 is 2.34 bits per heavy atom. The number of anilines is 1. The largest absolute Gasteiger partial charge is 0.345 e. The summed E-state index contributed by atoms with van der Waals surface area (Å²) in [6, 6.07) is 10.6. The zero-order valence-corrected chi connectivity index (χ0v) is 17.3. The molecule has 1 fully saturated rings. The SMILES string of the molecule is Cc1ccc(-c2csc(N3CCN(S(=O)(=O)c4ccc(F)cc4F)CC3)n2)cc1. The maximum atomic E-state index is 14.0. The lowest BCUT2D eigenvalue weighted by Gasteiger charge is -2.33. The van der Waals surface area contributed by atoms with Crippen LogP contribution in [0.1, 0.15) is 5.56 Å². The Kier molecular flexibility index (Phi) is 5.37. The number of benzene rings is 2. The van der Waals surface area contributed by atoms with Crippen LogP contribution in [-0.4, -0.2) is 43.9 Å². The molecule has 5 nitrogen and oxygen atoms in total. The Morgan fingerprint density at radius 2 is 1.69 bits per heavy atom. The Hall–Kier alpha value is -2.36. The summed E-state index contributed by atoms with van der Waals surface area (Å²) < 4.78 is 53.7. The topological polar surface area (TPSA) is 53.5 Å². The summed E-state index contributed by atoms with van der Waals surface area (Å²) >= 11 is 1.51. The average molecular weight is 436 g/mol. The minimum Gasteiger partial charge on any atom is -0.345 e. The maximum absolute atomic E-state index is 14.0. The Balaban J connectivity index is 1.46. The van der Waals surface area contributed by atoms with Gasteiger partial charge >= 0.3 is 0 Å². The molecular weight excluding hydrogens is 416 g/mol. The highest BCUT2D eigenvalue weighted by atomic mass is 32.2.